The van der Waals surface area contributed by atoms with Crippen LogP contribution in [0.15, 0.2) is 66.7 Å². The number of nitrogens with zero attached hydrogens (tertiary/aromatic N) is 1. The molecule has 2 fully saturated rings. The normalized spacial score (nSPS) is 24.4. The van der Waals surface area contributed by atoms with Crippen molar-refractivity contribution in [2.45, 2.75) is 25.6 Å². The van der Waals surface area contributed by atoms with Crippen LogP contribution in [0.2, 0.25) is 5.02 Å². The summed E-state index contributed by atoms with van der Waals surface area (Å²) < 4.78 is 6.27. The fraction of sp³-hybridized carbons (Fsp3) is 0.214. The predicted molar refractivity (Wildman–Crippen MR) is 129 cm³/mol. The largest absolute Gasteiger partial charge is 0.349 e. The van der Waals surface area contributed by atoms with E-state index in [1.54, 1.807) is 54.6 Å². The third-order valence-corrected chi connectivity index (χ3v) is 7.56. The molecular formula is C28H20ClNO5. The summed E-state index contributed by atoms with van der Waals surface area (Å²) >= 11 is 6.06. The zero-order valence-electron chi connectivity index (χ0n) is 18.9. The molecule has 3 aromatic rings. The number of ketones is 2. The van der Waals surface area contributed by atoms with Gasteiger partial charge >= 0.3 is 0 Å². The van der Waals surface area contributed by atoms with Gasteiger partial charge in [-0.2, -0.15) is 0 Å². The highest BCUT2D eigenvalue weighted by Gasteiger charge is 2.74. The Morgan fingerprint density at radius 1 is 0.829 bits per heavy atom. The Balaban J connectivity index is 1.55. The standard InChI is InChI=1S/C28H20ClNO5/c1-14-7-12-20(15(2)13-14)30-26(33)21-22(27(30)34)28(35-23(21)16-8-10-17(29)11-9-16)24(31)18-5-3-4-6-19(18)25(28)32/h3-13,21-23H,1-2H3. The molecule has 35 heavy (non-hydrogen) atoms. The van der Waals surface area contributed by atoms with Gasteiger partial charge in [0.05, 0.1) is 23.6 Å². The van der Waals surface area contributed by atoms with Crippen LogP contribution in [0.3, 0.4) is 0 Å². The Labute approximate surface area is 206 Å². The Bertz CT molecular complexity index is 1430. The minimum atomic E-state index is -2.08. The van der Waals surface area contributed by atoms with Crippen molar-refractivity contribution >= 4 is 40.7 Å². The monoisotopic (exact) mass is 485 g/mol. The van der Waals surface area contributed by atoms with E-state index in [1.807, 2.05) is 26.0 Å². The Morgan fingerprint density at radius 2 is 1.46 bits per heavy atom. The number of aryl methyl sites for hydroxylation is 2. The lowest BCUT2D eigenvalue weighted by Crippen LogP contribution is -2.51. The highest BCUT2D eigenvalue weighted by Crippen LogP contribution is 2.57. The lowest BCUT2D eigenvalue weighted by molar-refractivity contribution is -0.127. The van der Waals surface area contributed by atoms with E-state index in [-0.39, 0.29) is 11.1 Å². The molecule has 0 saturated carbocycles. The summed E-state index contributed by atoms with van der Waals surface area (Å²) in [6.45, 7) is 3.74. The first-order valence-corrected chi connectivity index (χ1v) is 11.7. The maximum absolute atomic E-state index is 14.0. The Morgan fingerprint density at radius 3 is 2.06 bits per heavy atom. The summed E-state index contributed by atoms with van der Waals surface area (Å²) in [6, 6.07) is 18.5. The van der Waals surface area contributed by atoms with E-state index >= 15 is 0 Å². The second kappa shape index (κ2) is 7.44. The van der Waals surface area contributed by atoms with Gasteiger partial charge in [0.15, 0.2) is 0 Å². The van der Waals surface area contributed by atoms with Crippen molar-refractivity contribution in [3.8, 4) is 0 Å². The number of halogens is 1. The number of rotatable bonds is 2. The molecule has 174 valence electrons. The third kappa shape index (κ3) is 2.81. The van der Waals surface area contributed by atoms with Crippen LogP contribution >= 0.6 is 11.6 Å². The maximum atomic E-state index is 14.0. The zero-order valence-corrected chi connectivity index (χ0v) is 19.7. The van der Waals surface area contributed by atoms with Gasteiger partial charge in [-0.15, -0.1) is 0 Å². The quantitative estimate of drug-likeness (QED) is 0.390. The number of carbonyl (C=O) groups excluding carboxylic acids is 4. The maximum Gasteiger partial charge on any atom is 0.241 e. The first-order valence-electron chi connectivity index (χ1n) is 11.3. The van der Waals surface area contributed by atoms with E-state index in [0.717, 1.165) is 16.0 Å². The molecule has 2 amide bonds. The van der Waals surface area contributed by atoms with E-state index in [1.165, 1.54) is 0 Å². The fourth-order valence-electron chi connectivity index (χ4n) is 5.76. The first-order chi connectivity index (χ1) is 16.8. The van der Waals surface area contributed by atoms with Gasteiger partial charge < -0.3 is 4.74 Å². The molecule has 3 unspecified atom stereocenters. The number of carbonyl (C=O) groups is 4. The third-order valence-electron chi connectivity index (χ3n) is 7.31. The Kier molecular flexibility index (Phi) is 4.66. The Hall–Kier alpha value is -3.61. The van der Waals surface area contributed by atoms with Gasteiger partial charge in [0.2, 0.25) is 29.0 Å². The van der Waals surface area contributed by atoms with Crippen LogP contribution in [0.5, 0.6) is 0 Å². The van der Waals surface area contributed by atoms with Crippen molar-refractivity contribution < 1.29 is 23.9 Å². The van der Waals surface area contributed by atoms with Crippen molar-refractivity contribution in [1.29, 1.82) is 0 Å². The number of imide groups is 1. The fourth-order valence-corrected chi connectivity index (χ4v) is 5.89. The zero-order chi connectivity index (χ0) is 24.6. The number of anilines is 1. The molecule has 0 radical (unpaired) electrons. The molecule has 1 spiro atoms. The average Bonchev–Trinajstić information content (AvgIpc) is 3.40. The van der Waals surface area contributed by atoms with Gasteiger partial charge in [0.1, 0.15) is 0 Å². The van der Waals surface area contributed by atoms with Crippen molar-refractivity contribution in [2.24, 2.45) is 11.8 Å². The summed E-state index contributed by atoms with van der Waals surface area (Å²) in [5.74, 6) is -4.55. The number of hydrogen-bond donors (Lipinski definition) is 0. The van der Waals surface area contributed by atoms with E-state index in [0.29, 0.717) is 16.3 Å². The molecule has 3 aromatic carbocycles. The van der Waals surface area contributed by atoms with Crippen LogP contribution in [-0.4, -0.2) is 29.0 Å². The van der Waals surface area contributed by atoms with Gasteiger partial charge in [-0.25, -0.2) is 4.90 Å². The minimum absolute atomic E-state index is 0.207. The second-order valence-corrected chi connectivity index (χ2v) is 9.77. The van der Waals surface area contributed by atoms with Crippen LogP contribution in [0.1, 0.15) is 43.5 Å². The summed E-state index contributed by atoms with van der Waals surface area (Å²) in [6.07, 6.45) is -0.966. The van der Waals surface area contributed by atoms with Crippen LogP contribution in [0.25, 0.3) is 0 Å². The van der Waals surface area contributed by atoms with Crippen LogP contribution in [-0.2, 0) is 14.3 Å². The smallest absolute Gasteiger partial charge is 0.241 e. The average molecular weight is 486 g/mol. The molecule has 6 rings (SSSR count). The van der Waals surface area contributed by atoms with Gasteiger partial charge in [0.25, 0.3) is 0 Å². The molecular weight excluding hydrogens is 466 g/mol. The molecule has 3 aliphatic rings. The number of hydrogen-bond acceptors (Lipinski definition) is 5. The topological polar surface area (TPSA) is 80.8 Å². The SMILES string of the molecule is Cc1ccc(N2C(=O)C3C(c4ccc(Cl)cc4)OC4(C(=O)c5ccccc5C4=O)C3C2=O)c(C)c1. The summed E-state index contributed by atoms with van der Waals surface area (Å²) in [5, 5.41) is 0.490. The molecule has 6 nitrogen and oxygen atoms in total. The molecule has 3 atom stereocenters. The number of benzene rings is 3. The van der Waals surface area contributed by atoms with Gasteiger partial charge in [-0.05, 0) is 43.2 Å². The molecule has 2 aliphatic heterocycles. The number of Topliss-reactive ketones (excluding diaryl/α,β-unsaturated/α-hetero) is 2. The van der Waals surface area contributed by atoms with Crippen LogP contribution in [0, 0.1) is 25.7 Å². The van der Waals surface area contributed by atoms with Crippen molar-refractivity contribution in [1.82, 2.24) is 0 Å². The molecule has 1 aliphatic carbocycles. The van der Waals surface area contributed by atoms with Crippen molar-refractivity contribution in [2.75, 3.05) is 4.90 Å². The number of ether oxygens (including phenoxy) is 1. The highest BCUT2D eigenvalue weighted by atomic mass is 35.5. The number of amides is 2. The van der Waals surface area contributed by atoms with Gasteiger partial charge in [-0.1, -0.05) is 65.7 Å². The van der Waals surface area contributed by atoms with E-state index < -0.39 is 46.9 Å². The summed E-state index contributed by atoms with van der Waals surface area (Å²) in [5.41, 5.74) is 1.08. The van der Waals surface area contributed by atoms with Crippen LogP contribution in [0.4, 0.5) is 5.69 Å². The van der Waals surface area contributed by atoms with E-state index in [4.69, 9.17) is 16.3 Å². The molecule has 2 heterocycles. The molecule has 0 bridgehead atoms. The molecule has 7 heteroatoms. The van der Waals surface area contributed by atoms with Gasteiger partial charge in [-0.3, -0.25) is 19.2 Å². The highest BCUT2D eigenvalue weighted by molar-refractivity contribution is 6.37. The van der Waals surface area contributed by atoms with Gasteiger partial charge in [0, 0.05) is 16.1 Å². The summed E-state index contributed by atoms with van der Waals surface area (Å²) in [4.78, 5) is 56.5. The lowest BCUT2D eigenvalue weighted by Gasteiger charge is -2.27. The lowest BCUT2D eigenvalue weighted by atomic mass is 9.77. The molecule has 2 saturated heterocycles. The van der Waals surface area contributed by atoms with Crippen molar-refractivity contribution in [3.63, 3.8) is 0 Å². The first kappa shape index (κ1) is 21.9. The van der Waals surface area contributed by atoms with E-state index in [9.17, 15) is 19.2 Å². The van der Waals surface area contributed by atoms with E-state index in [2.05, 4.69) is 0 Å². The molecule has 0 aromatic heterocycles. The predicted octanol–water partition coefficient (Wildman–Crippen LogP) is 4.65. The number of fused-ring (bicyclic) bond motifs is 3. The summed E-state index contributed by atoms with van der Waals surface area (Å²) in [7, 11) is 0. The van der Waals surface area contributed by atoms with Crippen LogP contribution < -0.4 is 4.90 Å². The minimum Gasteiger partial charge on any atom is -0.349 e. The van der Waals surface area contributed by atoms with Crippen molar-refractivity contribution in [3.05, 3.63) is 99.6 Å². The second-order valence-electron chi connectivity index (χ2n) is 9.33. The molecule has 0 N–H and O–H groups in total.